The van der Waals surface area contributed by atoms with Crippen LogP contribution < -0.4 is 15.0 Å². The average Bonchev–Trinajstić information content (AvgIpc) is 3.09. The Bertz CT molecular complexity index is 796. The van der Waals surface area contributed by atoms with Gasteiger partial charge in [-0.05, 0) is 61.1 Å². The molecule has 2 aromatic carbocycles. The molecule has 0 aromatic heterocycles. The summed E-state index contributed by atoms with van der Waals surface area (Å²) in [5.74, 6) is 1.67. The van der Waals surface area contributed by atoms with E-state index in [1.165, 1.54) is 30.5 Å². The Balaban J connectivity index is 1.31. The van der Waals surface area contributed by atoms with Gasteiger partial charge in [-0.2, -0.15) is 0 Å². The minimum Gasteiger partial charge on any atom is -0.489 e. The van der Waals surface area contributed by atoms with Crippen molar-refractivity contribution < 1.29 is 9.53 Å². The van der Waals surface area contributed by atoms with Crippen molar-refractivity contribution in [3.63, 3.8) is 0 Å². The monoisotopic (exact) mass is 378 g/mol. The van der Waals surface area contributed by atoms with Crippen molar-refractivity contribution in [1.29, 1.82) is 0 Å². The molecule has 4 rings (SSSR count). The van der Waals surface area contributed by atoms with Gasteiger partial charge in [0, 0.05) is 25.6 Å². The van der Waals surface area contributed by atoms with Gasteiger partial charge in [-0.1, -0.05) is 30.7 Å². The summed E-state index contributed by atoms with van der Waals surface area (Å²) >= 11 is 0. The Kier molecular flexibility index (Phi) is 5.56. The first-order chi connectivity index (χ1) is 13.6. The van der Waals surface area contributed by atoms with Crippen molar-refractivity contribution in [2.45, 2.75) is 57.6 Å². The molecule has 1 saturated heterocycles. The molecular formula is C24H30N2O2. The van der Waals surface area contributed by atoms with Gasteiger partial charge in [-0.3, -0.25) is 4.79 Å². The van der Waals surface area contributed by atoms with Gasteiger partial charge in [0.25, 0.3) is 0 Å². The van der Waals surface area contributed by atoms with Crippen molar-refractivity contribution in [3.8, 4) is 5.75 Å². The molecule has 2 aliphatic rings. The molecule has 1 saturated carbocycles. The van der Waals surface area contributed by atoms with Gasteiger partial charge in [0.15, 0.2) is 0 Å². The Morgan fingerprint density at radius 2 is 1.79 bits per heavy atom. The van der Waals surface area contributed by atoms with Crippen molar-refractivity contribution in [2.75, 3.05) is 18.0 Å². The summed E-state index contributed by atoms with van der Waals surface area (Å²) in [5, 5.41) is 2.91. The lowest BCUT2D eigenvalue weighted by Crippen LogP contribution is -2.25. The van der Waals surface area contributed by atoms with E-state index in [4.69, 9.17) is 4.74 Å². The number of hydrogen-bond donors (Lipinski definition) is 1. The number of nitrogens with zero attached hydrogens (tertiary/aromatic N) is 1. The summed E-state index contributed by atoms with van der Waals surface area (Å²) in [5.41, 5.74) is 3.88. The molecule has 4 nitrogen and oxygen atoms in total. The van der Waals surface area contributed by atoms with Crippen LogP contribution in [0.15, 0.2) is 48.5 Å². The Labute approximate surface area is 167 Å². The number of benzene rings is 2. The Morgan fingerprint density at radius 1 is 1.07 bits per heavy atom. The van der Waals surface area contributed by atoms with Crippen LogP contribution in [0.25, 0.3) is 0 Å². The predicted molar refractivity (Wildman–Crippen MR) is 113 cm³/mol. The third-order valence-electron chi connectivity index (χ3n) is 6.08. The van der Waals surface area contributed by atoms with E-state index in [1.54, 1.807) is 6.92 Å². The number of ether oxygens (including phenoxy) is 1. The molecule has 148 valence electrons. The van der Waals surface area contributed by atoms with E-state index in [0.29, 0.717) is 0 Å². The van der Waals surface area contributed by atoms with E-state index >= 15 is 0 Å². The summed E-state index contributed by atoms with van der Waals surface area (Å²) in [6.45, 7) is 5.49. The number of anilines is 1. The third-order valence-corrected chi connectivity index (χ3v) is 6.08. The number of carbonyl (C=O) groups is 1. The molecule has 1 amide bonds. The quantitative estimate of drug-likeness (QED) is 0.784. The second kappa shape index (κ2) is 8.26. The Morgan fingerprint density at radius 3 is 2.39 bits per heavy atom. The lowest BCUT2D eigenvalue weighted by atomic mass is 9.80. The standard InChI is InChI=1S/C24H30N2O2/c1-17(25-18(2)27)19-8-12-23(13-9-19)28-24-14-15-26(16-24)22-10-6-21(7-11-22)20-4-3-5-20/h6-13,17,20,24H,3-5,14-16H2,1-2H3,(H,25,27)/t17-,24?/m0/s1. The van der Waals surface area contributed by atoms with Crippen LogP contribution in [-0.4, -0.2) is 25.1 Å². The van der Waals surface area contributed by atoms with Gasteiger partial charge < -0.3 is 15.0 Å². The van der Waals surface area contributed by atoms with Crippen LogP contribution in [-0.2, 0) is 4.79 Å². The van der Waals surface area contributed by atoms with E-state index < -0.39 is 0 Å². The molecule has 1 aliphatic carbocycles. The van der Waals surface area contributed by atoms with Crippen molar-refractivity contribution in [2.24, 2.45) is 0 Å². The molecule has 1 unspecified atom stereocenters. The summed E-state index contributed by atoms with van der Waals surface area (Å²) in [7, 11) is 0. The van der Waals surface area contributed by atoms with Gasteiger partial charge in [-0.25, -0.2) is 0 Å². The SMILES string of the molecule is CC(=O)N[C@@H](C)c1ccc(OC2CCN(c3ccc(C4CCC4)cc3)C2)cc1. The number of carbonyl (C=O) groups excluding carboxylic acids is 1. The maximum Gasteiger partial charge on any atom is 0.217 e. The molecule has 1 N–H and O–H groups in total. The lowest BCUT2D eigenvalue weighted by Gasteiger charge is -2.26. The molecule has 1 aliphatic heterocycles. The highest BCUT2D eigenvalue weighted by Crippen LogP contribution is 2.37. The van der Waals surface area contributed by atoms with Crippen LogP contribution in [0, 0.1) is 0 Å². The normalized spacial score (nSPS) is 20.5. The largest absolute Gasteiger partial charge is 0.489 e. The van der Waals surface area contributed by atoms with Gasteiger partial charge in [0.1, 0.15) is 11.9 Å². The molecule has 2 fully saturated rings. The fourth-order valence-corrected chi connectivity index (χ4v) is 4.17. The first kappa shape index (κ1) is 18.9. The van der Waals surface area contributed by atoms with Gasteiger partial charge in [0.05, 0.1) is 12.6 Å². The fraction of sp³-hybridized carbons (Fsp3) is 0.458. The van der Waals surface area contributed by atoms with Crippen molar-refractivity contribution in [3.05, 3.63) is 59.7 Å². The van der Waals surface area contributed by atoms with E-state index in [9.17, 15) is 4.79 Å². The van der Waals surface area contributed by atoms with Crippen LogP contribution >= 0.6 is 0 Å². The second-order valence-corrected chi connectivity index (χ2v) is 8.19. The van der Waals surface area contributed by atoms with E-state index in [2.05, 4.69) is 34.5 Å². The van der Waals surface area contributed by atoms with Crippen LogP contribution in [0.5, 0.6) is 5.75 Å². The zero-order valence-electron chi connectivity index (χ0n) is 16.9. The third kappa shape index (κ3) is 4.32. The second-order valence-electron chi connectivity index (χ2n) is 8.19. The first-order valence-electron chi connectivity index (χ1n) is 10.5. The van der Waals surface area contributed by atoms with Crippen molar-refractivity contribution in [1.82, 2.24) is 5.32 Å². The average molecular weight is 379 g/mol. The molecule has 0 radical (unpaired) electrons. The van der Waals surface area contributed by atoms with Gasteiger partial charge >= 0.3 is 0 Å². The minimum absolute atomic E-state index is 0.0106. The highest BCUT2D eigenvalue weighted by atomic mass is 16.5. The summed E-state index contributed by atoms with van der Waals surface area (Å²) in [6.07, 6.45) is 5.33. The molecule has 0 bridgehead atoms. The maximum absolute atomic E-state index is 11.2. The number of rotatable bonds is 6. The molecule has 2 atom stereocenters. The number of nitrogens with one attached hydrogen (secondary N) is 1. The van der Waals surface area contributed by atoms with Gasteiger partial charge in [-0.15, -0.1) is 0 Å². The zero-order chi connectivity index (χ0) is 19.5. The van der Waals surface area contributed by atoms with Gasteiger partial charge in [0.2, 0.25) is 5.91 Å². The lowest BCUT2D eigenvalue weighted by molar-refractivity contribution is -0.119. The van der Waals surface area contributed by atoms with Crippen LogP contribution in [0.3, 0.4) is 0 Å². The van der Waals surface area contributed by atoms with Crippen LogP contribution in [0.4, 0.5) is 5.69 Å². The highest BCUT2D eigenvalue weighted by molar-refractivity contribution is 5.73. The molecule has 1 heterocycles. The van der Waals surface area contributed by atoms with Crippen LogP contribution in [0.1, 0.15) is 62.6 Å². The van der Waals surface area contributed by atoms with Crippen molar-refractivity contribution >= 4 is 11.6 Å². The predicted octanol–water partition coefficient (Wildman–Crippen LogP) is 4.81. The molecule has 4 heteroatoms. The molecule has 28 heavy (non-hydrogen) atoms. The van der Waals surface area contributed by atoms with Crippen LogP contribution in [0.2, 0.25) is 0 Å². The van der Waals surface area contributed by atoms with E-state index in [-0.39, 0.29) is 18.1 Å². The number of amides is 1. The summed E-state index contributed by atoms with van der Waals surface area (Å²) < 4.78 is 6.20. The molecule has 0 spiro atoms. The van der Waals surface area contributed by atoms with E-state index in [1.807, 2.05) is 31.2 Å². The number of hydrogen-bond acceptors (Lipinski definition) is 3. The maximum atomic E-state index is 11.2. The minimum atomic E-state index is -0.0143. The first-order valence-corrected chi connectivity index (χ1v) is 10.5. The fourth-order valence-electron chi connectivity index (χ4n) is 4.17. The molecular weight excluding hydrogens is 348 g/mol. The Hall–Kier alpha value is -2.49. The smallest absolute Gasteiger partial charge is 0.217 e. The zero-order valence-corrected chi connectivity index (χ0v) is 16.9. The topological polar surface area (TPSA) is 41.6 Å². The summed E-state index contributed by atoms with van der Waals surface area (Å²) in [6, 6.07) is 17.2. The molecule has 2 aromatic rings. The van der Waals surface area contributed by atoms with E-state index in [0.717, 1.165) is 36.7 Å². The highest BCUT2D eigenvalue weighted by Gasteiger charge is 2.25. The summed E-state index contributed by atoms with van der Waals surface area (Å²) in [4.78, 5) is 13.6.